The van der Waals surface area contributed by atoms with E-state index in [1.165, 1.54) is 0 Å². The summed E-state index contributed by atoms with van der Waals surface area (Å²) in [7, 11) is 0. The Labute approximate surface area is 96.7 Å². The van der Waals surface area contributed by atoms with Crippen molar-refractivity contribution in [3.8, 4) is 16.3 Å². The maximum Gasteiger partial charge on any atom is 0.255 e. The summed E-state index contributed by atoms with van der Waals surface area (Å²) in [6.07, 6.45) is 1.75. The van der Waals surface area contributed by atoms with Gasteiger partial charge in [0.05, 0.1) is 0 Å². The molecular weight excluding hydrogens is 224 g/mol. The number of benzene rings is 1. The van der Waals surface area contributed by atoms with Gasteiger partial charge >= 0.3 is 0 Å². The van der Waals surface area contributed by atoms with Crippen LogP contribution in [0.4, 0.5) is 0 Å². The van der Waals surface area contributed by atoms with Crippen molar-refractivity contribution >= 4 is 17.2 Å². The third-order valence-corrected chi connectivity index (χ3v) is 2.72. The number of thiazole rings is 1. The maximum atomic E-state index is 10.6. The Bertz CT molecular complexity index is 482. The predicted molar refractivity (Wildman–Crippen MR) is 62.2 cm³/mol. The van der Waals surface area contributed by atoms with Crippen molar-refractivity contribution in [2.45, 2.75) is 0 Å². The van der Waals surface area contributed by atoms with E-state index in [9.17, 15) is 4.79 Å². The van der Waals surface area contributed by atoms with Crippen molar-refractivity contribution in [3.05, 3.63) is 35.8 Å². The van der Waals surface area contributed by atoms with Crippen LogP contribution in [0, 0.1) is 0 Å². The fourth-order valence-corrected chi connectivity index (χ4v) is 1.87. The van der Waals surface area contributed by atoms with Gasteiger partial charge in [0.2, 0.25) is 0 Å². The van der Waals surface area contributed by atoms with Crippen LogP contribution < -0.4 is 10.5 Å². The van der Waals surface area contributed by atoms with E-state index in [4.69, 9.17) is 10.5 Å². The predicted octanol–water partition coefficient (Wildman–Crippen LogP) is 1.67. The summed E-state index contributed by atoms with van der Waals surface area (Å²) in [6.45, 7) is -0.110. The summed E-state index contributed by atoms with van der Waals surface area (Å²) < 4.78 is 5.21. The molecule has 2 rings (SSSR count). The number of aromatic nitrogens is 1. The molecule has 0 aliphatic rings. The fourth-order valence-electron chi connectivity index (χ4n) is 1.24. The standard InChI is InChI=1S/C11H10N2O2S/c12-10(14)7-15-9-3-1-2-8(6-9)11-13-4-5-16-11/h1-6H,7H2,(H2,12,14). The minimum absolute atomic E-state index is 0.110. The summed E-state index contributed by atoms with van der Waals surface area (Å²) in [4.78, 5) is 14.8. The minimum atomic E-state index is -0.486. The van der Waals surface area contributed by atoms with E-state index in [1.807, 2.05) is 23.6 Å². The highest BCUT2D eigenvalue weighted by Crippen LogP contribution is 2.25. The third-order valence-electron chi connectivity index (χ3n) is 1.89. The maximum absolute atomic E-state index is 10.6. The highest BCUT2D eigenvalue weighted by Gasteiger charge is 2.03. The van der Waals surface area contributed by atoms with Crippen LogP contribution in [-0.2, 0) is 4.79 Å². The molecule has 0 radical (unpaired) electrons. The molecule has 1 aromatic heterocycles. The van der Waals surface area contributed by atoms with Crippen LogP contribution in [0.15, 0.2) is 35.8 Å². The molecule has 0 atom stereocenters. The van der Waals surface area contributed by atoms with Gasteiger partial charge in [-0.2, -0.15) is 0 Å². The number of nitrogens with two attached hydrogens (primary N) is 1. The first kappa shape index (κ1) is 10.6. The molecule has 0 saturated carbocycles. The van der Waals surface area contributed by atoms with Crippen LogP contribution in [0.1, 0.15) is 0 Å². The Hall–Kier alpha value is -1.88. The minimum Gasteiger partial charge on any atom is -0.484 e. The van der Waals surface area contributed by atoms with E-state index in [2.05, 4.69) is 4.98 Å². The molecule has 0 spiro atoms. The van der Waals surface area contributed by atoms with E-state index in [0.29, 0.717) is 5.75 Å². The summed E-state index contributed by atoms with van der Waals surface area (Å²) in [6, 6.07) is 7.41. The van der Waals surface area contributed by atoms with Crippen molar-refractivity contribution in [3.63, 3.8) is 0 Å². The Morgan fingerprint density at radius 2 is 2.38 bits per heavy atom. The lowest BCUT2D eigenvalue weighted by molar-refractivity contribution is -0.119. The molecule has 1 aromatic carbocycles. The van der Waals surface area contributed by atoms with Gasteiger partial charge in [-0.1, -0.05) is 12.1 Å². The average Bonchev–Trinajstić information content (AvgIpc) is 2.80. The topological polar surface area (TPSA) is 65.2 Å². The summed E-state index contributed by atoms with van der Waals surface area (Å²) >= 11 is 1.55. The van der Waals surface area contributed by atoms with Crippen molar-refractivity contribution in [1.82, 2.24) is 4.98 Å². The lowest BCUT2D eigenvalue weighted by Crippen LogP contribution is -2.19. The van der Waals surface area contributed by atoms with Crippen LogP contribution >= 0.6 is 11.3 Å². The van der Waals surface area contributed by atoms with Gasteiger partial charge < -0.3 is 10.5 Å². The summed E-state index contributed by atoms with van der Waals surface area (Å²) in [5.41, 5.74) is 5.97. The van der Waals surface area contributed by atoms with E-state index in [0.717, 1.165) is 10.6 Å². The molecule has 0 fully saturated rings. The van der Waals surface area contributed by atoms with Crippen LogP contribution in [0.25, 0.3) is 10.6 Å². The Balaban J connectivity index is 2.17. The molecule has 4 nitrogen and oxygen atoms in total. The number of carbonyl (C=O) groups excluding carboxylic acids is 1. The van der Waals surface area contributed by atoms with E-state index >= 15 is 0 Å². The molecule has 0 aliphatic heterocycles. The van der Waals surface area contributed by atoms with Crippen LogP contribution in [-0.4, -0.2) is 17.5 Å². The average molecular weight is 234 g/mol. The number of ether oxygens (including phenoxy) is 1. The molecule has 1 heterocycles. The lowest BCUT2D eigenvalue weighted by Gasteiger charge is -2.04. The first-order chi connectivity index (χ1) is 7.75. The number of amides is 1. The van der Waals surface area contributed by atoms with Crippen LogP contribution in [0.2, 0.25) is 0 Å². The first-order valence-corrected chi connectivity index (χ1v) is 5.55. The van der Waals surface area contributed by atoms with Crippen molar-refractivity contribution < 1.29 is 9.53 Å². The van der Waals surface area contributed by atoms with Gasteiger partial charge in [-0.3, -0.25) is 4.79 Å². The largest absolute Gasteiger partial charge is 0.484 e. The van der Waals surface area contributed by atoms with Gasteiger partial charge in [0, 0.05) is 17.1 Å². The molecule has 16 heavy (non-hydrogen) atoms. The molecule has 2 aromatic rings. The molecular formula is C11H10N2O2S. The van der Waals surface area contributed by atoms with E-state index in [1.54, 1.807) is 23.6 Å². The first-order valence-electron chi connectivity index (χ1n) is 4.67. The molecule has 2 N–H and O–H groups in total. The smallest absolute Gasteiger partial charge is 0.255 e. The van der Waals surface area contributed by atoms with E-state index < -0.39 is 5.91 Å². The highest BCUT2D eigenvalue weighted by molar-refractivity contribution is 7.13. The fraction of sp³-hybridized carbons (Fsp3) is 0.0909. The Morgan fingerprint density at radius 1 is 1.50 bits per heavy atom. The zero-order valence-electron chi connectivity index (χ0n) is 8.42. The zero-order valence-corrected chi connectivity index (χ0v) is 9.24. The second-order valence-corrected chi connectivity index (χ2v) is 4.01. The van der Waals surface area contributed by atoms with Gasteiger partial charge in [0.25, 0.3) is 5.91 Å². The van der Waals surface area contributed by atoms with Gasteiger partial charge in [-0.25, -0.2) is 4.98 Å². The molecule has 0 unspecified atom stereocenters. The molecule has 5 heteroatoms. The molecule has 0 bridgehead atoms. The number of hydrogen-bond donors (Lipinski definition) is 1. The Kier molecular flexibility index (Phi) is 3.16. The van der Waals surface area contributed by atoms with Crippen molar-refractivity contribution in [1.29, 1.82) is 0 Å². The van der Waals surface area contributed by atoms with Gasteiger partial charge in [0.15, 0.2) is 6.61 Å². The van der Waals surface area contributed by atoms with Gasteiger partial charge in [0.1, 0.15) is 10.8 Å². The van der Waals surface area contributed by atoms with Gasteiger partial charge in [-0.15, -0.1) is 11.3 Å². The third kappa shape index (κ3) is 2.58. The molecule has 0 saturated heterocycles. The quantitative estimate of drug-likeness (QED) is 0.875. The lowest BCUT2D eigenvalue weighted by atomic mass is 10.2. The van der Waals surface area contributed by atoms with E-state index in [-0.39, 0.29) is 6.61 Å². The SMILES string of the molecule is NC(=O)COc1cccc(-c2nccs2)c1. The number of primary amides is 1. The number of carbonyl (C=O) groups is 1. The van der Waals surface area contributed by atoms with Crippen LogP contribution in [0.5, 0.6) is 5.75 Å². The second-order valence-electron chi connectivity index (χ2n) is 3.12. The second kappa shape index (κ2) is 4.76. The number of nitrogens with zero attached hydrogens (tertiary/aromatic N) is 1. The van der Waals surface area contributed by atoms with Gasteiger partial charge in [-0.05, 0) is 12.1 Å². The Morgan fingerprint density at radius 3 is 3.06 bits per heavy atom. The summed E-state index contributed by atoms with van der Waals surface area (Å²) in [5, 5.41) is 2.83. The van der Waals surface area contributed by atoms with Crippen molar-refractivity contribution in [2.75, 3.05) is 6.61 Å². The normalized spacial score (nSPS) is 10.0. The van der Waals surface area contributed by atoms with Crippen LogP contribution in [0.3, 0.4) is 0 Å². The number of hydrogen-bond acceptors (Lipinski definition) is 4. The number of rotatable bonds is 4. The highest BCUT2D eigenvalue weighted by atomic mass is 32.1. The summed E-state index contributed by atoms with van der Waals surface area (Å²) in [5.74, 6) is 0.131. The molecule has 82 valence electrons. The van der Waals surface area contributed by atoms with Crippen molar-refractivity contribution in [2.24, 2.45) is 5.73 Å². The monoisotopic (exact) mass is 234 g/mol. The molecule has 1 amide bonds. The zero-order chi connectivity index (χ0) is 11.4. The molecule has 0 aliphatic carbocycles.